The van der Waals surface area contributed by atoms with Gasteiger partial charge in [-0.2, -0.15) is 0 Å². The van der Waals surface area contributed by atoms with Gasteiger partial charge in [-0.3, -0.25) is 20.4 Å². The number of nitrogens with one attached hydrogen (secondary N) is 3. The normalized spacial score (nSPS) is 11.0. The lowest BCUT2D eigenvalue weighted by molar-refractivity contribution is -0.123. The second-order valence-electron chi connectivity index (χ2n) is 6.23. The maximum atomic E-state index is 12.3. The number of sulfonamides is 1. The summed E-state index contributed by atoms with van der Waals surface area (Å²) >= 11 is 0. The van der Waals surface area contributed by atoms with Gasteiger partial charge in [-0.05, 0) is 68.8 Å². The number of carbonyl (C=O) groups excluding carboxylic acids is 2. The number of hydrogen-bond donors (Lipinski definition) is 3. The number of ether oxygens (including phenoxy) is 1. The molecule has 0 fully saturated rings. The highest BCUT2D eigenvalue weighted by atomic mass is 32.2. The minimum absolute atomic E-state index is 0.00857. The number of benzene rings is 2. The van der Waals surface area contributed by atoms with Crippen molar-refractivity contribution in [2.24, 2.45) is 0 Å². The Hall–Kier alpha value is -2.91. The second-order valence-corrected chi connectivity index (χ2v) is 8.09. The Bertz CT molecular complexity index is 1000. The molecule has 0 aliphatic carbocycles. The summed E-state index contributed by atoms with van der Waals surface area (Å²) in [6.45, 7) is 4.98. The van der Waals surface area contributed by atoms with Gasteiger partial charge in [0.1, 0.15) is 5.75 Å². The molecule has 2 aromatic rings. The van der Waals surface area contributed by atoms with E-state index in [1.807, 2.05) is 13.0 Å². The molecule has 0 atom stereocenters. The van der Waals surface area contributed by atoms with E-state index >= 15 is 0 Å². The summed E-state index contributed by atoms with van der Waals surface area (Å²) in [6.07, 6.45) is 0. The van der Waals surface area contributed by atoms with Crippen LogP contribution in [0.1, 0.15) is 27.0 Å². The minimum atomic E-state index is -3.72. The summed E-state index contributed by atoms with van der Waals surface area (Å²) in [4.78, 5) is 24.2. The molecule has 150 valence electrons. The minimum Gasteiger partial charge on any atom is -0.484 e. The summed E-state index contributed by atoms with van der Waals surface area (Å²) in [5, 5.41) is 0. The summed E-state index contributed by atoms with van der Waals surface area (Å²) < 4.78 is 31.8. The highest BCUT2D eigenvalue weighted by Gasteiger charge is 2.19. The van der Waals surface area contributed by atoms with E-state index in [9.17, 15) is 18.0 Å². The second kappa shape index (κ2) is 8.85. The van der Waals surface area contributed by atoms with Crippen molar-refractivity contribution in [1.82, 2.24) is 15.6 Å². The van der Waals surface area contributed by atoms with Crippen LogP contribution in [0.2, 0.25) is 0 Å². The van der Waals surface area contributed by atoms with Crippen LogP contribution in [0.5, 0.6) is 5.75 Å². The molecule has 0 bridgehead atoms. The molecule has 2 rings (SSSR count). The Morgan fingerprint density at radius 2 is 1.75 bits per heavy atom. The summed E-state index contributed by atoms with van der Waals surface area (Å²) in [5.74, 6) is -0.654. The van der Waals surface area contributed by atoms with E-state index in [0.717, 1.165) is 5.56 Å². The number of aryl methyl sites for hydroxylation is 2. The van der Waals surface area contributed by atoms with Crippen LogP contribution in [0, 0.1) is 20.8 Å². The molecule has 9 heteroatoms. The van der Waals surface area contributed by atoms with Crippen molar-refractivity contribution >= 4 is 21.8 Å². The van der Waals surface area contributed by atoms with Gasteiger partial charge in [0, 0.05) is 5.56 Å². The average Bonchev–Trinajstić information content (AvgIpc) is 2.66. The Morgan fingerprint density at radius 3 is 2.39 bits per heavy atom. The van der Waals surface area contributed by atoms with Crippen LogP contribution in [0.4, 0.5) is 0 Å². The van der Waals surface area contributed by atoms with Gasteiger partial charge in [-0.1, -0.05) is 12.1 Å². The van der Waals surface area contributed by atoms with Gasteiger partial charge in [0.2, 0.25) is 10.0 Å². The van der Waals surface area contributed by atoms with E-state index in [0.29, 0.717) is 16.9 Å². The third-order valence-corrected chi connectivity index (χ3v) is 5.66. The lowest BCUT2D eigenvalue weighted by Gasteiger charge is -2.13. The van der Waals surface area contributed by atoms with E-state index in [4.69, 9.17) is 4.74 Å². The first-order valence-corrected chi connectivity index (χ1v) is 9.96. The van der Waals surface area contributed by atoms with Crippen molar-refractivity contribution in [1.29, 1.82) is 0 Å². The summed E-state index contributed by atoms with van der Waals surface area (Å²) in [5.41, 5.74) is 6.78. The predicted octanol–water partition coefficient (Wildman–Crippen LogP) is 1.36. The largest absolute Gasteiger partial charge is 0.484 e. The van der Waals surface area contributed by atoms with Crippen LogP contribution in [0.3, 0.4) is 0 Å². The highest BCUT2D eigenvalue weighted by Crippen LogP contribution is 2.21. The zero-order valence-electron chi connectivity index (χ0n) is 16.1. The number of amides is 2. The first-order chi connectivity index (χ1) is 13.1. The van der Waals surface area contributed by atoms with Crippen LogP contribution < -0.4 is 20.3 Å². The summed E-state index contributed by atoms with van der Waals surface area (Å²) in [7, 11) is -2.42. The molecule has 8 nitrogen and oxygen atoms in total. The third-order valence-electron chi connectivity index (χ3n) is 4.12. The van der Waals surface area contributed by atoms with Gasteiger partial charge in [0.05, 0.1) is 4.90 Å². The molecule has 3 N–H and O–H groups in total. The molecular formula is C19H23N3O5S. The first-order valence-electron chi connectivity index (χ1n) is 8.47. The monoisotopic (exact) mass is 405 g/mol. The fourth-order valence-corrected chi connectivity index (χ4v) is 3.50. The lowest BCUT2D eigenvalue weighted by Crippen LogP contribution is -2.44. The molecule has 0 unspecified atom stereocenters. The SMILES string of the molecule is CNS(=O)(=O)c1cc(C(=O)NNC(=O)COc2cccc(C)c2)cc(C)c1C. The van der Waals surface area contributed by atoms with Crippen molar-refractivity contribution in [2.45, 2.75) is 25.7 Å². The standard InChI is InChI=1S/C19H23N3O5S/c1-12-6-5-7-16(8-12)27-11-18(23)21-22-19(24)15-9-13(2)14(3)17(10-15)28(25,26)20-4/h5-10,20H,11H2,1-4H3,(H,21,23)(H,22,24). The van der Waals surface area contributed by atoms with Gasteiger partial charge < -0.3 is 4.74 Å². The molecule has 2 amide bonds. The fraction of sp³-hybridized carbons (Fsp3) is 0.263. The Balaban J connectivity index is 2.02. The third kappa shape index (κ3) is 5.30. The molecule has 0 aromatic heterocycles. The zero-order valence-corrected chi connectivity index (χ0v) is 16.9. The van der Waals surface area contributed by atoms with Crippen LogP contribution in [-0.2, 0) is 14.8 Å². The van der Waals surface area contributed by atoms with Crippen LogP contribution in [0.25, 0.3) is 0 Å². The van der Waals surface area contributed by atoms with E-state index in [-0.39, 0.29) is 17.1 Å². The van der Waals surface area contributed by atoms with Crippen LogP contribution in [-0.4, -0.2) is 33.9 Å². The first kappa shape index (κ1) is 21.4. The predicted molar refractivity (Wildman–Crippen MR) is 104 cm³/mol. The van der Waals surface area contributed by atoms with Gasteiger partial charge in [-0.15, -0.1) is 0 Å². The lowest BCUT2D eigenvalue weighted by atomic mass is 10.1. The number of carbonyl (C=O) groups is 2. The van der Waals surface area contributed by atoms with Gasteiger partial charge in [0.25, 0.3) is 11.8 Å². The molecule has 0 spiro atoms. The maximum Gasteiger partial charge on any atom is 0.276 e. The molecule has 0 radical (unpaired) electrons. The molecule has 0 saturated heterocycles. The van der Waals surface area contributed by atoms with Crippen LogP contribution >= 0.6 is 0 Å². The molecule has 0 aliphatic rings. The van der Waals surface area contributed by atoms with Gasteiger partial charge in [-0.25, -0.2) is 13.1 Å². The maximum absolute atomic E-state index is 12.3. The smallest absolute Gasteiger partial charge is 0.276 e. The van der Waals surface area contributed by atoms with E-state index in [2.05, 4.69) is 15.6 Å². The molecule has 28 heavy (non-hydrogen) atoms. The van der Waals surface area contributed by atoms with Crippen molar-refractivity contribution < 1.29 is 22.7 Å². The van der Waals surface area contributed by atoms with E-state index < -0.39 is 21.8 Å². The van der Waals surface area contributed by atoms with Crippen molar-refractivity contribution in [3.8, 4) is 5.75 Å². The molecule has 0 aliphatic heterocycles. The van der Waals surface area contributed by atoms with Crippen LogP contribution in [0.15, 0.2) is 41.3 Å². The zero-order chi connectivity index (χ0) is 20.9. The molecule has 2 aromatic carbocycles. The van der Waals surface area contributed by atoms with Gasteiger partial charge >= 0.3 is 0 Å². The summed E-state index contributed by atoms with van der Waals surface area (Å²) in [6, 6.07) is 10.0. The number of hydrazine groups is 1. The van der Waals surface area contributed by atoms with Crippen molar-refractivity contribution in [3.05, 3.63) is 58.7 Å². The Labute approximate surface area is 164 Å². The topological polar surface area (TPSA) is 114 Å². The Kier molecular flexibility index (Phi) is 6.76. The fourth-order valence-electron chi connectivity index (χ4n) is 2.44. The molecule has 0 saturated carbocycles. The number of hydrogen-bond acceptors (Lipinski definition) is 5. The van der Waals surface area contributed by atoms with Gasteiger partial charge in [0.15, 0.2) is 6.61 Å². The number of rotatable bonds is 6. The Morgan fingerprint density at radius 1 is 1.04 bits per heavy atom. The van der Waals surface area contributed by atoms with E-state index in [1.165, 1.54) is 13.1 Å². The van der Waals surface area contributed by atoms with Crippen molar-refractivity contribution in [3.63, 3.8) is 0 Å². The van der Waals surface area contributed by atoms with E-state index in [1.54, 1.807) is 38.1 Å². The molecule has 0 heterocycles. The molecular weight excluding hydrogens is 382 g/mol. The van der Waals surface area contributed by atoms with Crippen molar-refractivity contribution in [2.75, 3.05) is 13.7 Å². The average molecular weight is 405 g/mol. The quantitative estimate of drug-likeness (QED) is 0.628. The highest BCUT2D eigenvalue weighted by molar-refractivity contribution is 7.89.